The summed E-state index contributed by atoms with van der Waals surface area (Å²) in [5.74, 6) is 1.17. The number of aromatic hydroxyl groups is 1. The maximum absolute atomic E-state index is 13.3. The Balaban J connectivity index is 1.55. The summed E-state index contributed by atoms with van der Waals surface area (Å²) < 4.78 is 3.96. The summed E-state index contributed by atoms with van der Waals surface area (Å²) in [6.45, 7) is 4.78. The molecule has 2 bridgehead atoms. The molecule has 0 aliphatic carbocycles. The summed E-state index contributed by atoms with van der Waals surface area (Å²) >= 11 is 1.20. The molecule has 2 aromatic rings. The highest BCUT2D eigenvalue weighted by atomic mass is 32.1. The second-order valence-electron chi connectivity index (χ2n) is 7.70. The van der Waals surface area contributed by atoms with E-state index in [1.165, 1.54) is 11.5 Å². The number of aryl methyl sites for hydroxylation is 1. The highest BCUT2D eigenvalue weighted by Gasteiger charge is 2.55. The van der Waals surface area contributed by atoms with Crippen LogP contribution >= 0.6 is 11.5 Å². The van der Waals surface area contributed by atoms with Gasteiger partial charge in [-0.3, -0.25) is 9.69 Å². The standard InChI is InChI=1S/C19H22N4O2S/c1-11-18(26-21-20-11)19(25)23-10-15(13-3-2-4-14(24)9-13)17-16(23)12-5-7-22(17)8-6-12/h2-4,9,12,15-17,24H,5-8,10H2,1H3/t15-,16+,17+/m1/s1. The molecular formula is C19H22N4O2S. The first-order chi connectivity index (χ1) is 12.6. The molecule has 0 saturated carbocycles. The molecule has 4 saturated heterocycles. The molecule has 7 heteroatoms. The fourth-order valence-corrected chi connectivity index (χ4v) is 5.87. The quantitative estimate of drug-likeness (QED) is 0.878. The van der Waals surface area contributed by atoms with Crippen molar-refractivity contribution in [1.29, 1.82) is 0 Å². The summed E-state index contributed by atoms with van der Waals surface area (Å²) in [4.78, 5) is 18.6. The summed E-state index contributed by atoms with van der Waals surface area (Å²) in [5, 5.41) is 14.0. The van der Waals surface area contributed by atoms with E-state index in [1.54, 1.807) is 6.07 Å². The van der Waals surface area contributed by atoms with Crippen LogP contribution in [0.25, 0.3) is 0 Å². The van der Waals surface area contributed by atoms with Gasteiger partial charge in [-0.25, -0.2) is 0 Å². The normalized spacial score (nSPS) is 32.7. The van der Waals surface area contributed by atoms with Gasteiger partial charge < -0.3 is 10.0 Å². The average Bonchev–Trinajstić information content (AvgIpc) is 3.27. The van der Waals surface area contributed by atoms with Crippen molar-refractivity contribution in [3.8, 4) is 5.75 Å². The molecule has 4 aliphatic rings. The van der Waals surface area contributed by atoms with E-state index in [-0.39, 0.29) is 17.9 Å². The Hall–Kier alpha value is -1.99. The number of carbonyl (C=O) groups is 1. The minimum absolute atomic E-state index is 0.0731. The zero-order chi connectivity index (χ0) is 17.8. The third-order valence-corrected chi connectivity index (χ3v) is 7.22. The summed E-state index contributed by atoms with van der Waals surface area (Å²) in [5.41, 5.74) is 1.85. The molecule has 1 amide bonds. The lowest BCUT2D eigenvalue weighted by Crippen LogP contribution is -2.60. The van der Waals surface area contributed by atoms with Crippen LogP contribution in [0.1, 0.15) is 39.7 Å². The van der Waals surface area contributed by atoms with Gasteiger partial charge in [0.15, 0.2) is 0 Å². The van der Waals surface area contributed by atoms with Crippen LogP contribution < -0.4 is 0 Å². The maximum Gasteiger partial charge on any atom is 0.267 e. The number of carbonyl (C=O) groups excluding carboxylic acids is 1. The van der Waals surface area contributed by atoms with Crippen molar-refractivity contribution in [2.75, 3.05) is 19.6 Å². The zero-order valence-electron chi connectivity index (χ0n) is 14.7. The number of rotatable bonds is 2. The zero-order valence-corrected chi connectivity index (χ0v) is 15.5. The molecule has 4 fully saturated rings. The number of nitrogens with zero attached hydrogens (tertiary/aromatic N) is 4. The van der Waals surface area contributed by atoms with E-state index >= 15 is 0 Å². The predicted octanol–water partition coefficient (Wildman–Crippen LogP) is 2.25. The first kappa shape index (κ1) is 16.2. The summed E-state index contributed by atoms with van der Waals surface area (Å²) in [6, 6.07) is 8.14. The van der Waals surface area contributed by atoms with Gasteiger partial charge in [0.2, 0.25) is 0 Å². The molecule has 6 rings (SSSR count). The van der Waals surface area contributed by atoms with Gasteiger partial charge >= 0.3 is 0 Å². The Kier molecular flexibility index (Phi) is 3.76. The van der Waals surface area contributed by atoms with Crippen LogP contribution in [0.3, 0.4) is 0 Å². The van der Waals surface area contributed by atoms with E-state index in [0.717, 1.165) is 37.2 Å². The van der Waals surface area contributed by atoms with Crippen molar-refractivity contribution >= 4 is 17.4 Å². The molecule has 5 heterocycles. The first-order valence-corrected chi connectivity index (χ1v) is 10.0. The first-order valence-electron chi connectivity index (χ1n) is 9.26. The number of benzene rings is 1. The molecule has 0 radical (unpaired) electrons. The number of hydrogen-bond donors (Lipinski definition) is 1. The van der Waals surface area contributed by atoms with Crippen LogP contribution in [0.2, 0.25) is 0 Å². The molecule has 3 atom stereocenters. The second-order valence-corrected chi connectivity index (χ2v) is 8.46. The smallest absolute Gasteiger partial charge is 0.267 e. The van der Waals surface area contributed by atoms with E-state index < -0.39 is 0 Å². The van der Waals surface area contributed by atoms with Crippen molar-refractivity contribution in [3.63, 3.8) is 0 Å². The second kappa shape index (κ2) is 6.03. The Bertz CT molecular complexity index is 846. The molecule has 1 aromatic carbocycles. The molecule has 136 valence electrons. The van der Waals surface area contributed by atoms with E-state index in [0.29, 0.717) is 29.1 Å². The lowest BCUT2D eigenvalue weighted by atomic mass is 9.75. The Morgan fingerprint density at radius 3 is 2.77 bits per heavy atom. The van der Waals surface area contributed by atoms with Crippen LogP contribution in [0.5, 0.6) is 5.75 Å². The average molecular weight is 370 g/mol. The van der Waals surface area contributed by atoms with Crippen LogP contribution in [-0.2, 0) is 0 Å². The molecule has 6 nitrogen and oxygen atoms in total. The van der Waals surface area contributed by atoms with Crippen LogP contribution in [0, 0.1) is 12.8 Å². The van der Waals surface area contributed by atoms with Gasteiger partial charge in [-0.2, -0.15) is 0 Å². The van der Waals surface area contributed by atoms with Crippen LogP contribution in [-0.4, -0.2) is 62.1 Å². The number of phenolic OH excluding ortho intramolecular Hbond substituents is 1. The lowest BCUT2D eigenvalue weighted by molar-refractivity contribution is -0.00329. The van der Waals surface area contributed by atoms with E-state index in [2.05, 4.69) is 25.5 Å². The Labute approximate surface area is 156 Å². The molecule has 4 aliphatic heterocycles. The Morgan fingerprint density at radius 1 is 1.27 bits per heavy atom. The summed E-state index contributed by atoms with van der Waals surface area (Å²) in [6.07, 6.45) is 2.33. The number of piperidine rings is 3. The number of phenols is 1. The van der Waals surface area contributed by atoms with E-state index in [4.69, 9.17) is 0 Å². The number of aromatic nitrogens is 2. The monoisotopic (exact) mass is 370 g/mol. The Morgan fingerprint density at radius 2 is 2.08 bits per heavy atom. The summed E-state index contributed by atoms with van der Waals surface area (Å²) in [7, 11) is 0. The highest BCUT2D eigenvalue weighted by molar-refractivity contribution is 7.07. The molecule has 1 aromatic heterocycles. The number of hydrogen-bond acceptors (Lipinski definition) is 6. The van der Waals surface area contributed by atoms with Gasteiger partial charge in [0.05, 0.1) is 11.7 Å². The minimum Gasteiger partial charge on any atom is -0.508 e. The number of likely N-dealkylation sites (tertiary alicyclic amines) is 1. The highest BCUT2D eigenvalue weighted by Crippen LogP contribution is 2.47. The molecule has 0 unspecified atom stereocenters. The van der Waals surface area contributed by atoms with Crippen LogP contribution in [0.4, 0.5) is 0 Å². The van der Waals surface area contributed by atoms with Gasteiger partial charge in [-0.15, -0.1) is 5.10 Å². The van der Waals surface area contributed by atoms with Crippen LogP contribution in [0.15, 0.2) is 24.3 Å². The van der Waals surface area contributed by atoms with Crippen molar-refractivity contribution in [3.05, 3.63) is 40.4 Å². The van der Waals surface area contributed by atoms with E-state index in [1.807, 2.05) is 19.1 Å². The lowest BCUT2D eigenvalue weighted by Gasteiger charge is -2.51. The van der Waals surface area contributed by atoms with Crippen molar-refractivity contribution in [2.24, 2.45) is 5.92 Å². The molecule has 1 N–H and O–H groups in total. The SMILES string of the molecule is Cc1nnsc1C(=O)N1C[C@H](c2cccc(O)c2)[C@H]2[C@@H]1C1CCN2CC1. The number of amides is 1. The third kappa shape index (κ3) is 2.37. The van der Waals surface area contributed by atoms with Gasteiger partial charge in [0.25, 0.3) is 5.91 Å². The van der Waals surface area contributed by atoms with Gasteiger partial charge in [-0.1, -0.05) is 16.6 Å². The fraction of sp³-hybridized carbons (Fsp3) is 0.526. The third-order valence-electron chi connectivity index (χ3n) is 6.40. The number of fused-ring (bicyclic) bond motifs is 2. The topological polar surface area (TPSA) is 69.6 Å². The predicted molar refractivity (Wildman–Crippen MR) is 98.4 cm³/mol. The largest absolute Gasteiger partial charge is 0.508 e. The van der Waals surface area contributed by atoms with Crippen molar-refractivity contribution < 1.29 is 9.90 Å². The van der Waals surface area contributed by atoms with E-state index in [9.17, 15) is 9.90 Å². The molecular weight excluding hydrogens is 348 g/mol. The molecule has 0 spiro atoms. The van der Waals surface area contributed by atoms with Gasteiger partial charge in [-0.05, 0) is 68.0 Å². The molecule has 26 heavy (non-hydrogen) atoms. The van der Waals surface area contributed by atoms with Gasteiger partial charge in [0.1, 0.15) is 10.6 Å². The minimum atomic E-state index is 0.0731. The van der Waals surface area contributed by atoms with Crippen molar-refractivity contribution in [2.45, 2.75) is 37.8 Å². The van der Waals surface area contributed by atoms with Gasteiger partial charge in [0, 0.05) is 18.5 Å². The maximum atomic E-state index is 13.3. The van der Waals surface area contributed by atoms with Crippen molar-refractivity contribution in [1.82, 2.24) is 19.4 Å². The fourth-order valence-electron chi connectivity index (χ4n) is 5.26.